The van der Waals surface area contributed by atoms with Gasteiger partial charge in [0.2, 0.25) is 0 Å². The van der Waals surface area contributed by atoms with Crippen LogP contribution in [-0.4, -0.2) is 23.2 Å². The fourth-order valence-electron chi connectivity index (χ4n) is 2.54. The van der Waals surface area contributed by atoms with Crippen LogP contribution in [0.2, 0.25) is 0 Å². The van der Waals surface area contributed by atoms with E-state index in [4.69, 9.17) is 9.62 Å². The smallest absolute Gasteiger partial charge is 0.412 e. The molecule has 1 aromatic heterocycles. The number of carbonyl (C=O) groups excluding carboxylic acids is 2. The maximum Gasteiger partial charge on any atom is 0.412 e. The van der Waals surface area contributed by atoms with Gasteiger partial charge >= 0.3 is 6.18 Å². The minimum Gasteiger partial charge on any atom is -0.451 e. The lowest BCUT2D eigenvalue weighted by molar-refractivity contribution is -0.155. The summed E-state index contributed by atoms with van der Waals surface area (Å²) in [6.07, 6.45) is -4.78. The lowest BCUT2D eigenvalue weighted by atomic mass is 10.0. The number of rotatable bonds is 4. The molecular weight excluding hydrogens is 365 g/mol. The van der Waals surface area contributed by atoms with Crippen LogP contribution in [0.5, 0.6) is 0 Å². The summed E-state index contributed by atoms with van der Waals surface area (Å²) in [5.41, 5.74) is 1.45. The lowest BCUT2D eigenvalue weighted by Crippen LogP contribution is -2.38. The second-order valence-electron chi connectivity index (χ2n) is 5.66. The average molecular weight is 378 g/mol. The van der Waals surface area contributed by atoms with Crippen molar-refractivity contribution in [1.82, 2.24) is 10.8 Å². The predicted molar refractivity (Wildman–Crippen MR) is 88.2 cm³/mol. The summed E-state index contributed by atoms with van der Waals surface area (Å²) < 4.78 is 45.6. The Kier molecular flexibility index (Phi) is 4.87. The highest BCUT2D eigenvalue weighted by Crippen LogP contribution is 2.33. The number of benzene rings is 2. The van der Waals surface area contributed by atoms with Gasteiger partial charge in [-0.2, -0.15) is 13.2 Å². The number of fused-ring (bicyclic) bond motifs is 1. The number of para-hydroxylation sites is 1. The molecule has 6 nitrogen and oxygen atoms in total. The molecule has 0 spiro atoms. The maximum atomic E-state index is 13.4. The van der Waals surface area contributed by atoms with Crippen LogP contribution in [0, 0.1) is 0 Å². The summed E-state index contributed by atoms with van der Waals surface area (Å²) in [6, 6.07) is 10.00. The van der Waals surface area contributed by atoms with Gasteiger partial charge in [-0.25, -0.2) is 5.48 Å². The molecule has 1 unspecified atom stereocenters. The van der Waals surface area contributed by atoms with Gasteiger partial charge in [0.25, 0.3) is 11.8 Å². The highest BCUT2D eigenvalue weighted by molar-refractivity contribution is 5.96. The largest absolute Gasteiger partial charge is 0.451 e. The van der Waals surface area contributed by atoms with Crippen molar-refractivity contribution in [1.29, 1.82) is 0 Å². The fourth-order valence-corrected chi connectivity index (χ4v) is 2.54. The van der Waals surface area contributed by atoms with Crippen molar-refractivity contribution in [3.8, 4) is 0 Å². The van der Waals surface area contributed by atoms with Crippen LogP contribution >= 0.6 is 0 Å². The van der Waals surface area contributed by atoms with Gasteiger partial charge in [-0.3, -0.25) is 14.8 Å². The molecule has 0 radical (unpaired) electrons. The number of hydrogen-bond donors (Lipinski definition) is 3. The lowest BCUT2D eigenvalue weighted by Gasteiger charge is -2.21. The average Bonchev–Trinajstić information content (AvgIpc) is 3.09. The third-order valence-corrected chi connectivity index (χ3v) is 3.86. The molecule has 0 saturated carbocycles. The van der Waals surface area contributed by atoms with Crippen molar-refractivity contribution in [2.45, 2.75) is 12.2 Å². The Morgan fingerprint density at radius 2 is 1.67 bits per heavy atom. The Balaban J connectivity index is 1.87. The molecule has 9 heteroatoms. The molecule has 3 aromatic rings. The summed E-state index contributed by atoms with van der Waals surface area (Å²) in [7, 11) is 0. The van der Waals surface area contributed by atoms with Crippen molar-refractivity contribution in [3.63, 3.8) is 0 Å². The van der Waals surface area contributed by atoms with Gasteiger partial charge in [0.05, 0.1) is 0 Å². The minimum atomic E-state index is -4.78. The molecule has 0 saturated heterocycles. The maximum absolute atomic E-state index is 13.4. The number of nitrogens with one attached hydrogen (secondary N) is 2. The number of halogens is 3. The molecule has 3 rings (SSSR count). The molecule has 0 aliphatic carbocycles. The van der Waals surface area contributed by atoms with Gasteiger partial charge < -0.3 is 9.73 Å². The number of amides is 2. The topological polar surface area (TPSA) is 91.6 Å². The van der Waals surface area contributed by atoms with E-state index in [0.717, 1.165) is 24.3 Å². The van der Waals surface area contributed by atoms with Gasteiger partial charge in [-0.1, -0.05) is 30.3 Å². The zero-order chi connectivity index (χ0) is 19.6. The summed E-state index contributed by atoms with van der Waals surface area (Å²) in [5.74, 6) is -2.14. The van der Waals surface area contributed by atoms with Crippen LogP contribution in [0.15, 0.2) is 59.0 Å². The summed E-state index contributed by atoms with van der Waals surface area (Å²) in [6.45, 7) is 0. The number of carbonyl (C=O) groups is 2. The van der Waals surface area contributed by atoms with Gasteiger partial charge in [-0.05, 0) is 29.8 Å². The minimum absolute atomic E-state index is 0.0363. The highest BCUT2D eigenvalue weighted by Gasteiger charge is 2.42. The molecule has 1 atom stereocenters. The molecule has 2 aromatic carbocycles. The molecule has 1 heterocycles. The van der Waals surface area contributed by atoms with Crippen LogP contribution in [0.3, 0.4) is 0 Å². The molecular formula is C18H13F3N2O4. The predicted octanol–water partition coefficient (Wildman–Crippen LogP) is 3.59. The fraction of sp³-hybridized carbons (Fsp3) is 0.111. The van der Waals surface area contributed by atoms with Crippen LogP contribution in [-0.2, 0) is 0 Å². The molecule has 2 amide bonds. The molecule has 27 heavy (non-hydrogen) atoms. The first kappa shape index (κ1) is 18.5. The van der Waals surface area contributed by atoms with E-state index in [1.165, 1.54) is 11.5 Å². The third-order valence-electron chi connectivity index (χ3n) is 3.86. The third kappa shape index (κ3) is 3.93. The second kappa shape index (κ2) is 7.12. The van der Waals surface area contributed by atoms with Crippen LogP contribution in [0.1, 0.15) is 32.5 Å². The van der Waals surface area contributed by atoms with E-state index in [2.05, 4.69) is 0 Å². The quantitative estimate of drug-likeness (QED) is 0.478. The van der Waals surface area contributed by atoms with Gasteiger partial charge in [0, 0.05) is 10.9 Å². The Morgan fingerprint density at radius 1 is 1.00 bits per heavy atom. The Morgan fingerprint density at radius 3 is 2.26 bits per heavy atom. The van der Waals surface area contributed by atoms with Crippen LogP contribution < -0.4 is 10.8 Å². The van der Waals surface area contributed by atoms with Crippen molar-refractivity contribution < 1.29 is 32.4 Å². The molecule has 0 aliphatic heterocycles. The van der Waals surface area contributed by atoms with E-state index >= 15 is 0 Å². The van der Waals surface area contributed by atoms with Crippen molar-refractivity contribution in [3.05, 3.63) is 71.5 Å². The monoisotopic (exact) mass is 378 g/mol. The molecule has 0 fully saturated rings. The first-order valence-electron chi connectivity index (χ1n) is 7.70. The number of hydrogen-bond acceptors (Lipinski definition) is 4. The highest BCUT2D eigenvalue weighted by atomic mass is 19.4. The van der Waals surface area contributed by atoms with E-state index in [1.807, 2.05) is 5.32 Å². The van der Waals surface area contributed by atoms with Crippen LogP contribution in [0.25, 0.3) is 11.0 Å². The normalized spacial score (nSPS) is 12.6. The van der Waals surface area contributed by atoms with E-state index in [0.29, 0.717) is 11.0 Å². The second-order valence-corrected chi connectivity index (χ2v) is 5.66. The summed E-state index contributed by atoms with van der Waals surface area (Å²) in [4.78, 5) is 23.5. The van der Waals surface area contributed by atoms with Gasteiger partial charge in [0.1, 0.15) is 5.58 Å². The molecule has 3 N–H and O–H groups in total. The molecule has 0 aliphatic rings. The van der Waals surface area contributed by atoms with Crippen LogP contribution in [0.4, 0.5) is 13.2 Å². The van der Waals surface area contributed by atoms with E-state index in [9.17, 15) is 22.8 Å². The number of furan rings is 1. The van der Waals surface area contributed by atoms with Gasteiger partial charge in [0.15, 0.2) is 11.8 Å². The van der Waals surface area contributed by atoms with Crippen molar-refractivity contribution in [2.24, 2.45) is 0 Å². The first-order chi connectivity index (χ1) is 12.8. The summed E-state index contributed by atoms with van der Waals surface area (Å²) in [5, 5.41) is 11.0. The van der Waals surface area contributed by atoms with Crippen molar-refractivity contribution >= 4 is 22.8 Å². The van der Waals surface area contributed by atoms with Crippen molar-refractivity contribution in [2.75, 3.05) is 0 Å². The van der Waals surface area contributed by atoms with E-state index in [-0.39, 0.29) is 16.9 Å². The number of alkyl halides is 3. The molecule has 0 bridgehead atoms. The Labute approximate surface area is 150 Å². The zero-order valence-electron chi connectivity index (χ0n) is 13.6. The first-order valence-corrected chi connectivity index (χ1v) is 7.70. The van der Waals surface area contributed by atoms with Gasteiger partial charge in [-0.15, -0.1) is 0 Å². The zero-order valence-corrected chi connectivity index (χ0v) is 13.6. The standard InChI is InChI=1S/C18H13F3N2O4/c19-18(20,21)15(10-5-7-11(8-6-10)16(24)23-26)22-17(25)14-9-12-3-1-2-4-13(12)27-14/h1-9,15,26H,(H,22,25)(H,23,24). The number of hydroxylamine groups is 1. The Bertz CT molecular complexity index is 947. The summed E-state index contributed by atoms with van der Waals surface area (Å²) >= 11 is 0. The SMILES string of the molecule is O=C(NO)c1ccc(C(NC(=O)c2cc3ccccc3o2)C(F)(F)F)cc1. The Hall–Kier alpha value is -3.33. The van der Waals surface area contributed by atoms with E-state index in [1.54, 1.807) is 24.3 Å². The van der Waals surface area contributed by atoms with E-state index < -0.39 is 24.0 Å². The molecule has 140 valence electrons.